The van der Waals surface area contributed by atoms with E-state index in [1.165, 1.54) is 10.9 Å². The van der Waals surface area contributed by atoms with Crippen LogP contribution < -0.4 is 0 Å². The third-order valence-corrected chi connectivity index (χ3v) is 5.49. The predicted octanol–water partition coefficient (Wildman–Crippen LogP) is 4.49. The van der Waals surface area contributed by atoms with Gasteiger partial charge in [0.05, 0.1) is 16.6 Å². The molecule has 130 valence electrons. The highest BCUT2D eigenvalue weighted by Crippen LogP contribution is 2.29. The number of piperidine rings is 1. The van der Waals surface area contributed by atoms with Crippen LogP contribution in [0.4, 0.5) is 0 Å². The van der Waals surface area contributed by atoms with Crippen molar-refractivity contribution in [3.8, 4) is 0 Å². The number of aromatic nitrogens is 3. The largest absolute Gasteiger partial charge is 0.342 e. The van der Waals surface area contributed by atoms with E-state index in [1.807, 2.05) is 18.3 Å². The Morgan fingerprint density at radius 3 is 2.69 bits per heavy atom. The Kier molecular flexibility index (Phi) is 3.91. The van der Waals surface area contributed by atoms with Gasteiger partial charge in [-0.1, -0.05) is 36.4 Å². The average molecular weight is 342 g/mol. The molecule has 1 N–H and O–H groups in total. The molecule has 1 saturated heterocycles. The maximum atomic E-state index is 4.80. The average Bonchev–Trinajstić information content (AvgIpc) is 3.13. The third kappa shape index (κ3) is 2.86. The van der Waals surface area contributed by atoms with Crippen LogP contribution >= 0.6 is 0 Å². The SMILES string of the molecule is c1cnc2c(CN3CCC(c4nc5ccccc5[nH]4)CC3)cccc2c1. The number of aromatic amines is 1. The Labute approximate surface area is 152 Å². The molecule has 1 fully saturated rings. The molecule has 0 atom stereocenters. The fourth-order valence-electron chi connectivity index (χ4n) is 4.07. The van der Waals surface area contributed by atoms with Crippen molar-refractivity contribution in [2.75, 3.05) is 13.1 Å². The standard InChI is InChI=1S/C22H22N4/c1-2-9-20-19(8-1)24-22(25-20)17-10-13-26(14-11-17)15-18-6-3-5-16-7-4-12-23-21(16)18/h1-9,12,17H,10-11,13-15H2,(H,24,25). The van der Waals surface area contributed by atoms with Crippen LogP contribution in [-0.4, -0.2) is 32.9 Å². The Hall–Kier alpha value is -2.72. The lowest BCUT2D eigenvalue weighted by atomic mass is 9.95. The van der Waals surface area contributed by atoms with Crippen LogP contribution in [0, 0.1) is 0 Å². The first-order chi connectivity index (χ1) is 12.9. The van der Waals surface area contributed by atoms with Gasteiger partial charge < -0.3 is 4.98 Å². The quantitative estimate of drug-likeness (QED) is 0.596. The second-order valence-electron chi connectivity index (χ2n) is 7.18. The van der Waals surface area contributed by atoms with Crippen LogP contribution in [0.1, 0.15) is 30.1 Å². The maximum absolute atomic E-state index is 4.80. The lowest BCUT2D eigenvalue weighted by Gasteiger charge is -2.31. The molecule has 1 aliphatic rings. The summed E-state index contributed by atoms with van der Waals surface area (Å²) in [7, 11) is 0. The van der Waals surface area contributed by atoms with E-state index in [-0.39, 0.29) is 0 Å². The lowest BCUT2D eigenvalue weighted by Crippen LogP contribution is -2.32. The van der Waals surface area contributed by atoms with Crippen LogP contribution in [0.15, 0.2) is 60.8 Å². The molecular formula is C22H22N4. The van der Waals surface area contributed by atoms with E-state index in [0.29, 0.717) is 5.92 Å². The highest BCUT2D eigenvalue weighted by molar-refractivity contribution is 5.81. The molecule has 4 nitrogen and oxygen atoms in total. The molecule has 0 unspecified atom stereocenters. The maximum Gasteiger partial charge on any atom is 0.110 e. The van der Waals surface area contributed by atoms with Crippen molar-refractivity contribution in [3.05, 3.63) is 72.2 Å². The van der Waals surface area contributed by atoms with Gasteiger partial charge in [-0.15, -0.1) is 0 Å². The number of para-hydroxylation sites is 3. The van der Waals surface area contributed by atoms with Crippen molar-refractivity contribution in [2.45, 2.75) is 25.3 Å². The van der Waals surface area contributed by atoms with E-state index in [2.05, 4.69) is 57.3 Å². The van der Waals surface area contributed by atoms with Gasteiger partial charge in [0.25, 0.3) is 0 Å². The van der Waals surface area contributed by atoms with Crippen molar-refractivity contribution in [1.29, 1.82) is 0 Å². The zero-order chi connectivity index (χ0) is 17.3. The molecule has 0 saturated carbocycles. The number of fused-ring (bicyclic) bond motifs is 2. The number of imidazole rings is 1. The Balaban J connectivity index is 1.29. The number of nitrogens with one attached hydrogen (secondary N) is 1. The zero-order valence-corrected chi connectivity index (χ0v) is 14.7. The molecule has 2 aromatic carbocycles. The molecule has 1 aliphatic heterocycles. The van der Waals surface area contributed by atoms with Crippen molar-refractivity contribution < 1.29 is 0 Å². The van der Waals surface area contributed by atoms with E-state index in [4.69, 9.17) is 4.98 Å². The summed E-state index contributed by atoms with van der Waals surface area (Å²) in [5, 5.41) is 1.22. The van der Waals surface area contributed by atoms with Crippen molar-refractivity contribution in [2.24, 2.45) is 0 Å². The van der Waals surface area contributed by atoms with Crippen LogP contribution in [0.5, 0.6) is 0 Å². The number of likely N-dealkylation sites (tertiary alicyclic amines) is 1. The molecule has 0 bridgehead atoms. The molecule has 3 heterocycles. The van der Waals surface area contributed by atoms with E-state index in [0.717, 1.165) is 54.9 Å². The fraction of sp³-hybridized carbons (Fsp3) is 0.273. The van der Waals surface area contributed by atoms with Gasteiger partial charge in [0, 0.05) is 24.0 Å². The molecule has 4 aromatic rings. The molecule has 0 radical (unpaired) electrons. The third-order valence-electron chi connectivity index (χ3n) is 5.49. The number of rotatable bonds is 3. The van der Waals surface area contributed by atoms with Gasteiger partial charge >= 0.3 is 0 Å². The summed E-state index contributed by atoms with van der Waals surface area (Å²) < 4.78 is 0. The van der Waals surface area contributed by atoms with Gasteiger partial charge in [-0.25, -0.2) is 4.98 Å². The Bertz CT molecular complexity index is 1010. The second-order valence-corrected chi connectivity index (χ2v) is 7.18. The van der Waals surface area contributed by atoms with Crippen LogP contribution in [0.3, 0.4) is 0 Å². The van der Waals surface area contributed by atoms with Gasteiger partial charge in [-0.05, 0) is 49.7 Å². The normalized spacial score (nSPS) is 16.5. The molecule has 4 heteroatoms. The van der Waals surface area contributed by atoms with Crippen LogP contribution in [0.2, 0.25) is 0 Å². The molecular weight excluding hydrogens is 320 g/mol. The van der Waals surface area contributed by atoms with E-state index < -0.39 is 0 Å². The monoisotopic (exact) mass is 342 g/mol. The minimum absolute atomic E-state index is 0.532. The summed E-state index contributed by atoms with van der Waals surface area (Å²) in [6.07, 6.45) is 4.19. The summed E-state index contributed by atoms with van der Waals surface area (Å²) in [6, 6.07) is 18.9. The van der Waals surface area contributed by atoms with E-state index >= 15 is 0 Å². The number of pyridine rings is 1. The first kappa shape index (κ1) is 15.5. The Morgan fingerprint density at radius 2 is 1.81 bits per heavy atom. The minimum Gasteiger partial charge on any atom is -0.342 e. The minimum atomic E-state index is 0.532. The number of H-pyrrole nitrogens is 1. The zero-order valence-electron chi connectivity index (χ0n) is 14.7. The molecule has 26 heavy (non-hydrogen) atoms. The van der Waals surface area contributed by atoms with Gasteiger partial charge in [-0.3, -0.25) is 9.88 Å². The van der Waals surface area contributed by atoms with Crippen molar-refractivity contribution in [1.82, 2.24) is 19.9 Å². The molecule has 0 aliphatic carbocycles. The lowest BCUT2D eigenvalue weighted by molar-refractivity contribution is 0.202. The van der Waals surface area contributed by atoms with Gasteiger partial charge in [0.2, 0.25) is 0 Å². The molecule has 0 spiro atoms. The highest BCUT2D eigenvalue weighted by Gasteiger charge is 2.23. The highest BCUT2D eigenvalue weighted by atomic mass is 15.1. The summed E-state index contributed by atoms with van der Waals surface area (Å²) in [5.74, 6) is 1.68. The van der Waals surface area contributed by atoms with E-state index in [9.17, 15) is 0 Å². The van der Waals surface area contributed by atoms with Crippen LogP contribution in [-0.2, 0) is 6.54 Å². The topological polar surface area (TPSA) is 44.8 Å². The van der Waals surface area contributed by atoms with Gasteiger partial charge in [0.1, 0.15) is 5.82 Å². The van der Waals surface area contributed by atoms with Gasteiger partial charge in [-0.2, -0.15) is 0 Å². The number of benzene rings is 2. The van der Waals surface area contributed by atoms with Crippen molar-refractivity contribution >= 4 is 21.9 Å². The summed E-state index contributed by atoms with van der Waals surface area (Å²) in [4.78, 5) is 15.5. The van der Waals surface area contributed by atoms with E-state index in [1.54, 1.807) is 0 Å². The first-order valence-electron chi connectivity index (χ1n) is 9.36. The number of nitrogens with zero attached hydrogens (tertiary/aromatic N) is 3. The van der Waals surface area contributed by atoms with Gasteiger partial charge in [0.15, 0.2) is 0 Å². The van der Waals surface area contributed by atoms with Crippen LogP contribution in [0.25, 0.3) is 21.9 Å². The number of hydrogen-bond donors (Lipinski definition) is 1. The molecule has 2 aromatic heterocycles. The summed E-state index contributed by atoms with van der Waals surface area (Å²) in [5.41, 5.74) is 4.68. The summed E-state index contributed by atoms with van der Waals surface area (Å²) in [6.45, 7) is 3.18. The molecule has 5 rings (SSSR count). The summed E-state index contributed by atoms with van der Waals surface area (Å²) >= 11 is 0. The number of hydrogen-bond acceptors (Lipinski definition) is 3. The second kappa shape index (κ2) is 6.54. The first-order valence-corrected chi connectivity index (χ1v) is 9.36. The molecule has 0 amide bonds. The fourth-order valence-corrected chi connectivity index (χ4v) is 4.07. The Morgan fingerprint density at radius 1 is 0.962 bits per heavy atom. The smallest absolute Gasteiger partial charge is 0.110 e. The van der Waals surface area contributed by atoms with Crippen molar-refractivity contribution in [3.63, 3.8) is 0 Å². The predicted molar refractivity (Wildman–Crippen MR) is 105 cm³/mol.